The molecule has 21 heavy (non-hydrogen) atoms. The zero-order chi connectivity index (χ0) is 15.2. The van der Waals surface area contributed by atoms with E-state index in [0.29, 0.717) is 6.54 Å². The fourth-order valence-electron chi connectivity index (χ4n) is 2.41. The van der Waals surface area contributed by atoms with Crippen molar-refractivity contribution in [2.24, 2.45) is 5.73 Å². The van der Waals surface area contributed by atoms with Crippen molar-refractivity contribution in [1.29, 1.82) is 0 Å². The molecule has 0 radical (unpaired) electrons. The second-order valence-corrected chi connectivity index (χ2v) is 5.46. The second-order valence-electron chi connectivity index (χ2n) is 5.02. The van der Waals surface area contributed by atoms with Crippen molar-refractivity contribution in [3.05, 3.63) is 58.6 Å². The Labute approximate surface area is 131 Å². The maximum atomic E-state index is 6.08. The van der Waals surface area contributed by atoms with Crippen LogP contribution in [0, 0.1) is 0 Å². The second kappa shape index (κ2) is 7.34. The van der Waals surface area contributed by atoms with Gasteiger partial charge < -0.3 is 15.4 Å². The summed E-state index contributed by atoms with van der Waals surface area (Å²) >= 11 is 6.08. The van der Waals surface area contributed by atoms with Crippen LogP contribution < -0.4 is 15.4 Å². The summed E-state index contributed by atoms with van der Waals surface area (Å²) in [4.78, 5) is 2.20. The minimum absolute atomic E-state index is 0.611. The standard InChI is InChI=1S/C17H21ClN2O/c1-20(12-13-4-3-5-16(10-13)21-2)17-7-6-15(18)11-14(17)8-9-19/h3-7,10-11H,8-9,12,19H2,1-2H3. The van der Waals surface area contributed by atoms with Gasteiger partial charge in [0.25, 0.3) is 0 Å². The van der Waals surface area contributed by atoms with Crippen molar-refractivity contribution in [3.8, 4) is 5.75 Å². The van der Waals surface area contributed by atoms with Crippen LogP contribution in [-0.2, 0) is 13.0 Å². The molecular weight excluding hydrogens is 284 g/mol. The van der Waals surface area contributed by atoms with Gasteiger partial charge in [-0.05, 0) is 54.4 Å². The van der Waals surface area contributed by atoms with Crippen LogP contribution in [0.15, 0.2) is 42.5 Å². The van der Waals surface area contributed by atoms with E-state index in [1.165, 1.54) is 11.1 Å². The highest BCUT2D eigenvalue weighted by atomic mass is 35.5. The van der Waals surface area contributed by atoms with Gasteiger partial charge in [0.1, 0.15) is 5.75 Å². The van der Waals surface area contributed by atoms with Gasteiger partial charge in [0.15, 0.2) is 0 Å². The highest BCUT2D eigenvalue weighted by molar-refractivity contribution is 6.30. The smallest absolute Gasteiger partial charge is 0.119 e. The molecule has 2 aromatic carbocycles. The molecule has 0 heterocycles. The first-order valence-electron chi connectivity index (χ1n) is 6.96. The Kier molecular flexibility index (Phi) is 5.48. The lowest BCUT2D eigenvalue weighted by atomic mass is 10.1. The molecular formula is C17H21ClN2O. The van der Waals surface area contributed by atoms with Gasteiger partial charge in [-0.3, -0.25) is 0 Å². The SMILES string of the molecule is COc1cccc(CN(C)c2ccc(Cl)cc2CCN)c1. The van der Waals surface area contributed by atoms with Crippen molar-refractivity contribution >= 4 is 17.3 Å². The quantitative estimate of drug-likeness (QED) is 0.888. The predicted molar refractivity (Wildman–Crippen MR) is 89.3 cm³/mol. The molecule has 0 spiro atoms. The number of halogens is 1. The van der Waals surface area contributed by atoms with Crippen molar-refractivity contribution in [3.63, 3.8) is 0 Å². The minimum Gasteiger partial charge on any atom is -0.497 e. The minimum atomic E-state index is 0.611. The van der Waals surface area contributed by atoms with Crippen LogP contribution in [0.25, 0.3) is 0 Å². The van der Waals surface area contributed by atoms with Crippen LogP contribution in [0.2, 0.25) is 5.02 Å². The van der Waals surface area contributed by atoms with E-state index in [0.717, 1.165) is 29.4 Å². The molecule has 0 saturated heterocycles. The summed E-state index contributed by atoms with van der Waals surface area (Å²) in [5.74, 6) is 0.874. The van der Waals surface area contributed by atoms with Crippen molar-refractivity contribution in [2.45, 2.75) is 13.0 Å². The van der Waals surface area contributed by atoms with E-state index >= 15 is 0 Å². The summed E-state index contributed by atoms with van der Waals surface area (Å²) < 4.78 is 5.27. The van der Waals surface area contributed by atoms with Crippen LogP contribution >= 0.6 is 11.6 Å². The van der Waals surface area contributed by atoms with Gasteiger partial charge in [-0.25, -0.2) is 0 Å². The molecule has 4 heteroatoms. The lowest BCUT2D eigenvalue weighted by molar-refractivity contribution is 0.414. The number of methoxy groups -OCH3 is 1. The fraction of sp³-hybridized carbons (Fsp3) is 0.294. The van der Waals surface area contributed by atoms with E-state index in [1.807, 2.05) is 30.3 Å². The number of nitrogens with zero attached hydrogens (tertiary/aromatic N) is 1. The maximum absolute atomic E-state index is 6.08. The Balaban J connectivity index is 2.21. The molecule has 0 aliphatic carbocycles. The average Bonchev–Trinajstić information content (AvgIpc) is 2.48. The van der Waals surface area contributed by atoms with E-state index in [9.17, 15) is 0 Å². The molecule has 0 aliphatic rings. The monoisotopic (exact) mass is 304 g/mol. The molecule has 2 rings (SSSR count). The van der Waals surface area contributed by atoms with Gasteiger partial charge in [0, 0.05) is 24.3 Å². The first-order chi connectivity index (χ1) is 10.1. The molecule has 0 aliphatic heterocycles. The van der Waals surface area contributed by atoms with Crippen LogP contribution in [0.1, 0.15) is 11.1 Å². The van der Waals surface area contributed by atoms with Crippen molar-refractivity contribution < 1.29 is 4.74 Å². The van der Waals surface area contributed by atoms with E-state index < -0.39 is 0 Å². The zero-order valence-corrected chi connectivity index (χ0v) is 13.2. The van der Waals surface area contributed by atoms with Gasteiger partial charge in [-0.2, -0.15) is 0 Å². The van der Waals surface area contributed by atoms with Crippen LogP contribution in [0.4, 0.5) is 5.69 Å². The first kappa shape index (κ1) is 15.7. The lowest BCUT2D eigenvalue weighted by Gasteiger charge is -2.23. The molecule has 2 aromatic rings. The summed E-state index contributed by atoms with van der Waals surface area (Å²) in [5, 5.41) is 0.747. The molecule has 0 unspecified atom stereocenters. The van der Waals surface area contributed by atoms with E-state index in [1.54, 1.807) is 7.11 Å². The molecule has 112 valence electrons. The molecule has 0 bridgehead atoms. The zero-order valence-electron chi connectivity index (χ0n) is 12.5. The van der Waals surface area contributed by atoms with Gasteiger partial charge in [0.2, 0.25) is 0 Å². The summed E-state index contributed by atoms with van der Waals surface area (Å²) in [5.41, 5.74) is 9.23. The van der Waals surface area contributed by atoms with E-state index in [2.05, 4.69) is 24.1 Å². The normalized spacial score (nSPS) is 10.5. The number of benzene rings is 2. The summed E-state index contributed by atoms with van der Waals surface area (Å²) in [7, 11) is 3.75. The summed E-state index contributed by atoms with van der Waals surface area (Å²) in [6.07, 6.45) is 0.818. The number of nitrogens with two attached hydrogens (primary N) is 1. The topological polar surface area (TPSA) is 38.5 Å². The van der Waals surface area contributed by atoms with Gasteiger partial charge in [0.05, 0.1) is 7.11 Å². The third kappa shape index (κ3) is 4.13. The number of anilines is 1. The van der Waals surface area contributed by atoms with Crippen molar-refractivity contribution in [2.75, 3.05) is 25.6 Å². The van der Waals surface area contributed by atoms with Crippen LogP contribution in [0.5, 0.6) is 5.75 Å². The Bertz CT molecular complexity index is 601. The number of hydrogen-bond acceptors (Lipinski definition) is 3. The molecule has 0 amide bonds. The molecule has 0 fully saturated rings. The van der Waals surface area contributed by atoms with Crippen LogP contribution in [0.3, 0.4) is 0 Å². The maximum Gasteiger partial charge on any atom is 0.119 e. The largest absolute Gasteiger partial charge is 0.497 e. The highest BCUT2D eigenvalue weighted by Gasteiger charge is 2.09. The Morgan fingerprint density at radius 1 is 1.19 bits per heavy atom. The Morgan fingerprint density at radius 2 is 2.00 bits per heavy atom. The summed E-state index contributed by atoms with van der Waals surface area (Å²) in [6.45, 7) is 1.41. The molecule has 3 nitrogen and oxygen atoms in total. The molecule has 0 atom stereocenters. The average molecular weight is 305 g/mol. The van der Waals surface area contributed by atoms with Gasteiger partial charge >= 0.3 is 0 Å². The molecule has 0 aromatic heterocycles. The first-order valence-corrected chi connectivity index (χ1v) is 7.34. The molecule has 2 N–H and O–H groups in total. The number of ether oxygens (including phenoxy) is 1. The third-order valence-electron chi connectivity index (χ3n) is 3.42. The van der Waals surface area contributed by atoms with E-state index in [4.69, 9.17) is 22.1 Å². The Hall–Kier alpha value is -1.71. The number of hydrogen-bond donors (Lipinski definition) is 1. The third-order valence-corrected chi connectivity index (χ3v) is 3.66. The molecule has 0 saturated carbocycles. The summed E-state index contributed by atoms with van der Waals surface area (Å²) in [6, 6.07) is 14.1. The van der Waals surface area contributed by atoms with Gasteiger partial charge in [-0.1, -0.05) is 23.7 Å². The Morgan fingerprint density at radius 3 is 2.71 bits per heavy atom. The van der Waals surface area contributed by atoms with Gasteiger partial charge in [-0.15, -0.1) is 0 Å². The van der Waals surface area contributed by atoms with Crippen LogP contribution in [-0.4, -0.2) is 20.7 Å². The van der Waals surface area contributed by atoms with Crippen molar-refractivity contribution in [1.82, 2.24) is 0 Å². The lowest BCUT2D eigenvalue weighted by Crippen LogP contribution is -2.19. The fourth-order valence-corrected chi connectivity index (χ4v) is 2.61. The predicted octanol–water partition coefficient (Wildman–Crippen LogP) is 3.49. The number of rotatable bonds is 6. The highest BCUT2D eigenvalue weighted by Crippen LogP contribution is 2.25. The van der Waals surface area contributed by atoms with E-state index in [-0.39, 0.29) is 0 Å².